The highest BCUT2D eigenvalue weighted by atomic mass is 16.2. The molecule has 1 aromatic carbocycles. The molecule has 2 aromatic rings. The molecule has 8 heteroatoms. The summed E-state index contributed by atoms with van der Waals surface area (Å²) in [5, 5.41) is 14.5. The van der Waals surface area contributed by atoms with Gasteiger partial charge < -0.3 is 15.5 Å². The topological polar surface area (TPSA) is 92.2 Å². The van der Waals surface area contributed by atoms with Gasteiger partial charge in [0.2, 0.25) is 5.91 Å². The van der Waals surface area contributed by atoms with Crippen LogP contribution in [0, 0.1) is 13.8 Å². The summed E-state index contributed by atoms with van der Waals surface area (Å²) in [5.41, 5.74) is 3.53. The number of aromatic nitrogens is 3. The summed E-state index contributed by atoms with van der Waals surface area (Å²) in [6, 6.07) is 5.63. The van der Waals surface area contributed by atoms with Crippen molar-refractivity contribution in [3.05, 3.63) is 46.8 Å². The van der Waals surface area contributed by atoms with Crippen LogP contribution in [0.1, 0.15) is 46.6 Å². The molecule has 3 rings (SSSR count). The van der Waals surface area contributed by atoms with Gasteiger partial charge in [-0.2, -0.15) is 0 Å². The molecule has 1 aliphatic heterocycles. The van der Waals surface area contributed by atoms with E-state index in [1.165, 1.54) is 0 Å². The van der Waals surface area contributed by atoms with Crippen molar-refractivity contribution in [1.82, 2.24) is 30.5 Å². The lowest BCUT2D eigenvalue weighted by molar-refractivity contribution is -0.122. The van der Waals surface area contributed by atoms with Crippen LogP contribution in [0.2, 0.25) is 0 Å². The fourth-order valence-electron chi connectivity index (χ4n) is 3.48. The van der Waals surface area contributed by atoms with Crippen LogP contribution < -0.4 is 10.6 Å². The van der Waals surface area contributed by atoms with Crippen molar-refractivity contribution in [2.75, 3.05) is 20.1 Å². The maximum Gasteiger partial charge on any atom is 0.254 e. The smallest absolute Gasteiger partial charge is 0.254 e. The van der Waals surface area contributed by atoms with Gasteiger partial charge in [0.25, 0.3) is 5.91 Å². The van der Waals surface area contributed by atoms with Gasteiger partial charge >= 0.3 is 0 Å². The van der Waals surface area contributed by atoms with Crippen LogP contribution in [-0.4, -0.2) is 57.9 Å². The van der Waals surface area contributed by atoms with Crippen LogP contribution >= 0.6 is 0 Å². The zero-order valence-electron chi connectivity index (χ0n) is 16.9. The Bertz CT molecular complexity index is 862. The number of hydrogen-bond donors (Lipinski definition) is 2. The van der Waals surface area contributed by atoms with Crippen molar-refractivity contribution in [2.24, 2.45) is 0 Å². The Balaban J connectivity index is 1.62. The van der Waals surface area contributed by atoms with Crippen molar-refractivity contribution >= 4 is 11.8 Å². The molecule has 0 unspecified atom stereocenters. The average Bonchev–Trinajstić information content (AvgIpc) is 3.33. The summed E-state index contributed by atoms with van der Waals surface area (Å²) < 4.78 is 1.79. The van der Waals surface area contributed by atoms with Crippen LogP contribution in [-0.2, 0) is 11.3 Å². The standard InChI is InChI=1S/C20H28N6O2/c1-5-21-19(27)18-9-16(10-22-18)26-12-15(23-24-26)11-25(4)20(28)17-8-6-7-13(2)14(17)3/h6-8,12,16,18,22H,5,9-11H2,1-4H3,(H,21,27)/t16-,18-/m0/s1. The Hall–Kier alpha value is -2.74. The van der Waals surface area contributed by atoms with Crippen molar-refractivity contribution in [1.29, 1.82) is 0 Å². The molecule has 0 spiro atoms. The molecule has 0 aliphatic carbocycles. The van der Waals surface area contributed by atoms with Gasteiger partial charge in [0, 0.05) is 25.7 Å². The van der Waals surface area contributed by atoms with Gasteiger partial charge in [-0.25, -0.2) is 4.68 Å². The number of benzene rings is 1. The maximum absolute atomic E-state index is 12.8. The van der Waals surface area contributed by atoms with Gasteiger partial charge in [-0.05, 0) is 44.4 Å². The first-order chi connectivity index (χ1) is 13.4. The monoisotopic (exact) mass is 384 g/mol. The Morgan fingerprint density at radius 1 is 1.36 bits per heavy atom. The first-order valence-electron chi connectivity index (χ1n) is 9.64. The van der Waals surface area contributed by atoms with Crippen LogP contribution in [0.3, 0.4) is 0 Å². The van der Waals surface area contributed by atoms with Crippen LogP contribution in [0.25, 0.3) is 0 Å². The number of likely N-dealkylation sites (N-methyl/N-ethyl adjacent to an activating group) is 1. The van der Waals surface area contributed by atoms with Gasteiger partial charge in [0.1, 0.15) is 5.69 Å². The highest BCUT2D eigenvalue weighted by molar-refractivity contribution is 5.95. The summed E-state index contributed by atoms with van der Waals surface area (Å²) >= 11 is 0. The summed E-state index contributed by atoms with van der Waals surface area (Å²) in [7, 11) is 1.77. The fraction of sp³-hybridized carbons (Fsp3) is 0.500. The molecule has 1 aromatic heterocycles. The van der Waals surface area contributed by atoms with E-state index >= 15 is 0 Å². The molecule has 28 heavy (non-hydrogen) atoms. The van der Waals surface area contributed by atoms with E-state index in [0.29, 0.717) is 31.6 Å². The first kappa shape index (κ1) is 20.0. The van der Waals surface area contributed by atoms with Crippen molar-refractivity contribution < 1.29 is 9.59 Å². The molecule has 0 bridgehead atoms. The molecule has 8 nitrogen and oxygen atoms in total. The zero-order valence-corrected chi connectivity index (χ0v) is 16.9. The summed E-state index contributed by atoms with van der Waals surface area (Å²) in [5.74, 6) is -0.0150. The van der Waals surface area contributed by atoms with Crippen LogP contribution in [0.5, 0.6) is 0 Å². The Morgan fingerprint density at radius 3 is 2.89 bits per heavy atom. The third-order valence-corrected chi connectivity index (χ3v) is 5.29. The quantitative estimate of drug-likeness (QED) is 0.781. The predicted molar refractivity (Wildman–Crippen MR) is 106 cm³/mol. The number of aryl methyl sites for hydroxylation is 1. The lowest BCUT2D eigenvalue weighted by atomic mass is 10.0. The van der Waals surface area contributed by atoms with Crippen LogP contribution in [0.4, 0.5) is 0 Å². The van der Waals surface area contributed by atoms with E-state index in [9.17, 15) is 9.59 Å². The number of carbonyl (C=O) groups excluding carboxylic acids is 2. The Labute approximate surface area is 165 Å². The minimum Gasteiger partial charge on any atom is -0.355 e. The number of nitrogens with zero attached hydrogens (tertiary/aromatic N) is 4. The number of rotatable bonds is 6. The van der Waals surface area contributed by atoms with Gasteiger partial charge in [0.15, 0.2) is 0 Å². The molecule has 150 valence electrons. The summed E-state index contributed by atoms with van der Waals surface area (Å²) in [6.07, 6.45) is 2.53. The molecule has 1 aliphatic rings. The molecule has 2 atom stereocenters. The van der Waals surface area contributed by atoms with E-state index < -0.39 is 0 Å². The van der Waals surface area contributed by atoms with Crippen molar-refractivity contribution in [2.45, 2.75) is 45.8 Å². The molecule has 1 saturated heterocycles. The molecule has 0 radical (unpaired) electrons. The molecule has 0 saturated carbocycles. The largest absolute Gasteiger partial charge is 0.355 e. The van der Waals surface area contributed by atoms with Crippen molar-refractivity contribution in [3.63, 3.8) is 0 Å². The molecule has 2 heterocycles. The van der Waals surface area contributed by atoms with Gasteiger partial charge in [-0.3, -0.25) is 9.59 Å². The lowest BCUT2D eigenvalue weighted by Gasteiger charge is -2.17. The lowest BCUT2D eigenvalue weighted by Crippen LogP contribution is -2.40. The molecule has 1 fully saturated rings. The number of hydrogen-bond acceptors (Lipinski definition) is 5. The van der Waals surface area contributed by atoms with E-state index in [1.54, 1.807) is 16.6 Å². The Kier molecular flexibility index (Phi) is 6.08. The second-order valence-electron chi connectivity index (χ2n) is 7.34. The second kappa shape index (κ2) is 8.52. The van der Waals surface area contributed by atoms with Crippen molar-refractivity contribution in [3.8, 4) is 0 Å². The molecule has 2 N–H and O–H groups in total. The summed E-state index contributed by atoms with van der Waals surface area (Å²) in [6.45, 7) is 7.54. The summed E-state index contributed by atoms with van der Waals surface area (Å²) in [4.78, 5) is 26.4. The highest BCUT2D eigenvalue weighted by Gasteiger charge is 2.31. The van der Waals surface area contributed by atoms with E-state index in [2.05, 4.69) is 20.9 Å². The van der Waals surface area contributed by atoms with Gasteiger partial charge in [-0.1, -0.05) is 17.3 Å². The second-order valence-corrected chi connectivity index (χ2v) is 7.34. The van der Waals surface area contributed by atoms with E-state index in [-0.39, 0.29) is 23.9 Å². The number of carbonyl (C=O) groups is 2. The number of nitrogens with one attached hydrogen (secondary N) is 2. The zero-order chi connectivity index (χ0) is 20.3. The number of amides is 2. The van der Waals surface area contributed by atoms with E-state index in [1.807, 2.05) is 45.2 Å². The third-order valence-electron chi connectivity index (χ3n) is 5.29. The third kappa shape index (κ3) is 4.22. The molecular weight excluding hydrogens is 356 g/mol. The Morgan fingerprint density at radius 2 is 2.14 bits per heavy atom. The average molecular weight is 384 g/mol. The van der Waals surface area contributed by atoms with Gasteiger partial charge in [-0.15, -0.1) is 5.10 Å². The molecular formula is C20H28N6O2. The van der Waals surface area contributed by atoms with E-state index in [0.717, 1.165) is 16.8 Å². The fourth-order valence-corrected chi connectivity index (χ4v) is 3.48. The SMILES string of the molecule is CCNC(=O)[C@@H]1C[C@H](n2cc(CN(C)C(=O)c3cccc(C)c3C)nn2)CN1. The van der Waals surface area contributed by atoms with E-state index in [4.69, 9.17) is 0 Å². The van der Waals surface area contributed by atoms with Crippen LogP contribution in [0.15, 0.2) is 24.4 Å². The minimum atomic E-state index is -0.203. The minimum absolute atomic E-state index is 0.0178. The first-order valence-corrected chi connectivity index (χ1v) is 9.64. The van der Waals surface area contributed by atoms with Gasteiger partial charge in [0.05, 0.1) is 24.8 Å². The predicted octanol–water partition coefficient (Wildman–Crippen LogP) is 1.21. The normalized spacial score (nSPS) is 18.9. The maximum atomic E-state index is 12.8. The molecule has 2 amide bonds. The highest BCUT2D eigenvalue weighted by Crippen LogP contribution is 2.20.